The van der Waals surface area contributed by atoms with Crippen LogP contribution in [0.3, 0.4) is 0 Å². The number of nitrogens with one attached hydrogen (secondary N) is 1. The lowest BCUT2D eigenvalue weighted by atomic mass is 10.1. The molecule has 0 amide bonds. The van der Waals surface area contributed by atoms with Crippen LogP contribution in [0.5, 0.6) is 0 Å². The second-order valence-corrected chi connectivity index (χ2v) is 5.09. The summed E-state index contributed by atoms with van der Waals surface area (Å²) in [7, 11) is 0. The molecule has 0 radical (unpaired) electrons. The third-order valence-electron chi connectivity index (χ3n) is 3.43. The summed E-state index contributed by atoms with van der Waals surface area (Å²) in [5.41, 5.74) is -0.686. The van der Waals surface area contributed by atoms with Crippen LogP contribution < -0.4 is 5.32 Å². The Bertz CT molecular complexity index is 431. The number of anilines is 1. The van der Waals surface area contributed by atoms with Gasteiger partial charge in [0.05, 0.1) is 11.7 Å². The van der Waals surface area contributed by atoms with E-state index in [9.17, 15) is 18.3 Å². The van der Waals surface area contributed by atoms with Gasteiger partial charge in [-0.2, -0.15) is 13.2 Å². The number of benzene rings is 1. The fraction of sp³-hybridized carbons (Fsp3) is 0.571. The predicted octanol–water partition coefficient (Wildman–Crippen LogP) is 2.57. The number of aliphatic hydroxyl groups is 1. The van der Waals surface area contributed by atoms with Gasteiger partial charge in [0.1, 0.15) is 0 Å². The number of likely N-dealkylation sites (tertiary alicyclic amines) is 1. The van der Waals surface area contributed by atoms with Gasteiger partial charge in [-0.1, -0.05) is 12.1 Å². The highest BCUT2D eigenvalue weighted by Gasteiger charge is 2.33. The molecule has 1 aromatic carbocycles. The molecule has 3 nitrogen and oxygen atoms in total. The highest BCUT2D eigenvalue weighted by atomic mass is 19.4. The Morgan fingerprint density at radius 1 is 1.20 bits per heavy atom. The number of nitrogens with zero attached hydrogens (tertiary/aromatic N) is 1. The van der Waals surface area contributed by atoms with Crippen molar-refractivity contribution in [2.75, 3.05) is 31.5 Å². The van der Waals surface area contributed by atoms with Gasteiger partial charge in [-0.3, -0.25) is 0 Å². The maximum atomic E-state index is 12.8. The van der Waals surface area contributed by atoms with Gasteiger partial charge >= 0.3 is 6.18 Å². The van der Waals surface area contributed by atoms with E-state index in [-0.39, 0.29) is 12.2 Å². The third-order valence-corrected chi connectivity index (χ3v) is 3.43. The maximum Gasteiger partial charge on any atom is 0.418 e. The molecule has 1 atom stereocenters. The molecule has 2 rings (SSSR count). The molecular weight excluding hydrogens is 269 g/mol. The van der Waals surface area contributed by atoms with Crippen molar-refractivity contribution < 1.29 is 18.3 Å². The monoisotopic (exact) mass is 288 g/mol. The maximum absolute atomic E-state index is 12.8. The Balaban J connectivity index is 1.90. The highest BCUT2D eigenvalue weighted by Crippen LogP contribution is 2.34. The molecule has 2 N–H and O–H groups in total. The number of halogens is 3. The molecule has 1 saturated heterocycles. The standard InChI is InChI=1S/C14H19F3N2O/c15-14(16,17)12-5-1-2-6-13(12)18-9-11(20)10-19-7-3-4-8-19/h1-2,5-6,11,18,20H,3-4,7-10H2. The molecule has 0 saturated carbocycles. The normalized spacial score (nSPS) is 18.2. The summed E-state index contributed by atoms with van der Waals surface area (Å²) in [4.78, 5) is 2.13. The van der Waals surface area contributed by atoms with Gasteiger partial charge in [-0.15, -0.1) is 0 Å². The van der Waals surface area contributed by atoms with Gasteiger partial charge in [0.25, 0.3) is 0 Å². The Kier molecular flexibility index (Phi) is 4.88. The van der Waals surface area contributed by atoms with Crippen molar-refractivity contribution >= 4 is 5.69 Å². The van der Waals surface area contributed by atoms with Crippen molar-refractivity contribution in [1.82, 2.24) is 4.90 Å². The minimum Gasteiger partial charge on any atom is -0.390 e. The number of para-hydroxylation sites is 1. The zero-order valence-corrected chi connectivity index (χ0v) is 11.2. The quantitative estimate of drug-likeness (QED) is 0.874. The third kappa shape index (κ3) is 4.11. The molecule has 6 heteroatoms. The molecular formula is C14H19F3N2O. The lowest BCUT2D eigenvalue weighted by Gasteiger charge is -2.21. The van der Waals surface area contributed by atoms with Crippen LogP contribution in [0.25, 0.3) is 0 Å². The van der Waals surface area contributed by atoms with Crippen LogP contribution in [0.2, 0.25) is 0 Å². The van der Waals surface area contributed by atoms with Crippen LogP contribution in [0, 0.1) is 0 Å². The van der Waals surface area contributed by atoms with E-state index in [2.05, 4.69) is 10.2 Å². The smallest absolute Gasteiger partial charge is 0.390 e. The predicted molar refractivity (Wildman–Crippen MR) is 71.6 cm³/mol. The molecule has 1 aromatic rings. The summed E-state index contributed by atoms with van der Waals surface area (Å²) >= 11 is 0. The second kappa shape index (κ2) is 6.45. The van der Waals surface area contributed by atoms with Crippen LogP contribution in [-0.4, -0.2) is 42.3 Å². The van der Waals surface area contributed by atoms with Gasteiger partial charge in [0.2, 0.25) is 0 Å². The average molecular weight is 288 g/mol. The summed E-state index contributed by atoms with van der Waals surface area (Å²) < 4.78 is 38.4. The first-order valence-electron chi connectivity index (χ1n) is 6.77. The number of aliphatic hydroxyl groups excluding tert-OH is 1. The van der Waals surface area contributed by atoms with Crippen molar-refractivity contribution in [2.24, 2.45) is 0 Å². The fourth-order valence-corrected chi connectivity index (χ4v) is 2.44. The molecule has 1 fully saturated rings. The summed E-state index contributed by atoms with van der Waals surface area (Å²) in [5.74, 6) is 0. The molecule has 20 heavy (non-hydrogen) atoms. The summed E-state index contributed by atoms with van der Waals surface area (Å²) in [5, 5.41) is 12.6. The van der Waals surface area contributed by atoms with E-state index in [4.69, 9.17) is 0 Å². The van der Waals surface area contributed by atoms with Crippen molar-refractivity contribution in [3.63, 3.8) is 0 Å². The van der Waals surface area contributed by atoms with Crippen LogP contribution >= 0.6 is 0 Å². The Morgan fingerprint density at radius 3 is 2.50 bits per heavy atom. The molecule has 1 aliphatic heterocycles. The zero-order valence-electron chi connectivity index (χ0n) is 11.2. The van der Waals surface area contributed by atoms with Crippen molar-refractivity contribution in [1.29, 1.82) is 0 Å². The molecule has 0 aromatic heterocycles. The molecule has 1 unspecified atom stereocenters. The molecule has 0 spiro atoms. The lowest BCUT2D eigenvalue weighted by Crippen LogP contribution is -2.34. The van der Waals surface area contributed by atoms with Crippen molar-refractivity contribution in [3.05, 3.63) is 29.8 Å². The SMILES string of the molecule is OC(CNc1ccccc1C(F)(F)F)CN1CCCC1. The average Bonchev–Trinajstić information content (AvgIpc) is 2.88. The van der Waals surface area contributed by atoms with Crippen molar-refractivity contribution in [3.8, 4) is 0 Å². The zero-order chi connectivity index (χ0) is 14.6. The molecule has 1 heterocycles. The van der Waals surface area contributed by atoms with Crippen LogP contribution in [-0.2, 0) is 6.18 Å². The van der Waals surface area contributed by atoms with Crippen LogP contribution in [0.1, 0.15) is 18.4 Å². The Morgan fingerprint density at radius 2 is 1.85 bits per heavy atom. The minimum atomic E-state index is -4.39. The van der Waals surface area contributed by atoms with E-state index in [0.717, 1.165) is 32.0 Å². The number of rotatable bonds is 5. The van der Waals surface area contributed by atoms with E-state index in [1.54, 1.807) is 6.07 Å². The molecule has 112 valence electrons. The first kappa shape index (κ1) is 15.1. The van der Waals surface area contributed by atoms with Gasteiger partial charge in [0, 0.05) is 18.8 Å². The number of β-amino-alcohol motifs (C(OH)–C–C–N with tert-alkyl or cyclic N) is 1. The van der Waals surface area contributed by atoms with Gasteiger partial charge in [-0.25, -0.2) is 0 Å². The Hall–Kier alpha value is -1.27. The van der Waals surface area contributed by atoms with E-state index >= 15 is 0 Å². The second-order valence-electron chi connectivity index (χ2n) is 5.09. The molecule has 0 bridgehead atoms. The number of hydrogen-bond donors (Lipinski definition) is 2. The summed E-state index contributed by atoms with van der Waals surface area (Å²) in [6.45, 7) is 2.52. The van der Waals surface area contributed by atoms with E-state index in [1.165, 1.54) is 12.1 Å². The summed E-state index contributed by atoms with van der Waals surface area (Å²) in [6.07, 6.45) is -2.81. The van der Waals surface area contributed by atoms with Crippen molar-refractivity contribution in [2.45, 2.75) is 25.1 Å². The van der Waals surface area contributed by atoms with Crippen LogP contribution in [0.15, 0.2) is 24.3 Å². The first-order valence-corrected chi connectivity index (χ1v) is 6.77. The van der Waals surface area contributed by atoms with E-state index in [1.807, 2.05) is 0 Å². The molecule has 1 aliphatic rings. The summed E-state index contributed by atoms with van der Waals surface area (Å²) in [6, 6.07) is 5.32. The number of alkyl halides is 3. The highest BCUT2D eigenvalue weighted by molar-refractivity contribution is 5.52. The van der Waals surface area contributed by atoms with Gasteiger partial charge < -0.3 is 15.3 Å². The lowest BCUT2D eigenvalue weighted by molar-refractivity contribution is -0.137. The Labute approximate surface area is 116 Å². The fourth-order valence-electron chi connectivity index (χ4n) is 2.44. The number of hydrogen-bond acceptors (Lipinski definition) is 3. The van der Waals surface area contributed by atoms with E-state index in [0.29, 0.717) is 6.54 Å². The van der Waals surface area contributed by atoms with Gasteiger partial charge in [-0.05, 0) is 38.1 Å². The first-order chi connectivity index (χ1) is 9.47. The van der Waals surface area contributed by atoms with E-state index < -0.39 is 17.8 Å². The molecule has 0 aliphatic carbocycles. The topological polar surface area (TPSA) is 35.5 Å². The van der Waals surface area contributed by atoms with Crippen LogP contribution in [0.4, 0.5) is 18.9 Å². The van der Waals surface area contributed by atoms with Gasteiger partial charge in [0.15, 0.2) is 0 Å². The largest absolute Gasteiger partial charge is 0.418 e. The minimum absolute atomic E-state index is 0.0143.